The van der Waals surface area contributed by atoms with Crippen molar-refractivity contribution < 1.29 is 4.74 Å². The summed E-state index contributed by atoms with van der Waals surface area (Å²) < 4.78 is 5.78. The van der Waals surface area contributed by atoms with Crippen LogP contribution in [0.2, 0.25) is 10.0 Å². The number of hydrogen-bond donors (Lipinski definition) is 0. The van der Waals surface area contributed by atoms with Gasteiger partial charge >= 0.3 is 0 Å². The second-order valence-electron chi connectivity index (χ2n) is 4.15. The number of halogens is 3. The lowest BCUT2D eigenvalue weighted by Gasteiger charge is -2.16. The Labute approximate surface area is 131 Å². The Morgan fingerprint density at radius 3 is 2.37 bits per heavy atom. The fourth-order valence-corrected chi connectivity index (χ4v) is 2.57. The van der Waals surface area contributed by atoms with Gasteiger partial charge in [0.25, 0.3) is 0 Å². The predicted octanol–water partition coefficient (Wildman–Crippen LogP) is 5.55. The molecule has 2 rings (SSSR count). The first-order valence-electron chi connectivity index (χ1n) is 5.89. The number of rotatable bonds is 5. The fourth-order valence-electron chi connectivity index (χ4n) is 1.72. The highest BCUT2D eigenvalue weighted by Gasteiger charge is 2.11. The molecule has 4 heteroatoms. The average Bonchev–Trinajstić information content (AvgIpc) is 2.44. The molecule has 0 bridgehead atoms. The van der Waals surface area contributed by atoms with Gasteiger partial charge < -0.3 is 4.74 Å². The van der Waals surface area contributed by atoms with Gasteiger partial charge in [0.2, 0.25) is 0 Å². The normalized spacial score (nSPS) is 12.2. The molecule has 0 heterocycles. The molecule has 2 aromatic rings. The average molecular weight is 360 g/mol. The van der Waals surface area contributed by atoms with Crippen molar-refractivity contribution in [3.05, 3.63) is 64.1 Å². The van der Waals surface area contributed by atoms with Crippen LogP contribution in [0.4, 0.5) is 0 Å². The van der Waals surface area contributed by atoms with Crippen LogP contribution in [0.3, 0.4) is 0 Å². The van der Waals surface area contributed by atoms with Gasteiger partial charge in [-0.2, -0.15) is 0 Å². The second kappa shape index (κ2) is 7.18. The molecule has 0 aliphatic carbocycles. The Morgan fingerprint density at radius 1 is 1.00 bits per heavy atom. The van der Waals surface area contributed by atoms with E-state index < -0.39 is 0 Å². The van der Waals surface area contributed by atoms with Crippen molar-refractivity contribution >= 4 is 39.1 Å². The van der Waals surface area contributed by atoms with E-state index in [4.69, 9.17) is 27.9 Å². The highest BCUT2D eigenvalue weighted by Crippen LogP contribution is 2.27. The summed E-state index contributed by atoms with van der Waals surface area (Å²) in [6.07, 6.45) is 0. The SMILES string of the molecule is Clc1ccc(OCC(CBr)c2ccccc2)cc1Cl. The zero-order valence-electron chi connectivity index (χ0n) is 10.2. The van der Waals surface area contributed by atoms with E-state index in [1.165, 1.54) is 5.56 Å². The minimum absolute atomic E-state index is 0.302. The number of ether oxygens (including phenoxy) is 1. The minimum Gasteiger partial charge on any atom is -0.493 e. The lowest BCUT2D eigenvalue weighted by atomic mass is 10.0. The molecular formula is C15H13BrCl2O. The van der Waals surface area contributed by atoms with Gasteiger partial charge in [-0.1, -0.05) is 69.5 Å². The fraction of sp³-hybridized carbons (Fsp3) is 0.200. The molecule has 0 N–H and O–H groups in total. The molecular weight excluding hydrogens is 347 g/mol. The zero-order valence-corrected chi connectivity index (χ0v) is 13.3. The molecule has 2 aromatic carbocycles. The molecule has 0 aromatic heterocycles. The smallest absolute Gasteiger partial charge is 0.120 e. The maximum Gasteiger partial charge on any atom is 0.120 e. The zero-order chi connectivity index (χ0) is 13.7. The lowest BCUT2D eigenvalue weighted by molar-refractivity contribution is 0.298. The third-order valence-corrected chi connectivity index (χ3v) is 4.32. The number of hydrogen-bond acceptors (Lipinski definition) is 1. The first-order valence-corrected chi connectivity index (χ1v) is 7.77. The summed E-state index contributed by atoms with van der Waals surface area (Å²) in [5, 5.41) is 1.89. The van der Waals surface area contributed by atoms with Gasteiger partial charge in [-0.25, -0.2) is 0 Å². The van der Waals surface area contributed by atoms with Gasteiger partial charge in [0.15, 0.2) is 0 Å². The molecule has 0 saturated heterocycles. The standard InChI is InChI=1S/C15H13BrCl2O/c16-9-12(11-4-2-1-3-5-11)10-19-13-6-7-14(17)15(18)8-13/h1-8,12H,9-10H2. The number of benzene rings is 2. The van der Waals surface area contributed by atoms with E-state index in [-0.39, 0.29) is 0 Å². The Balaban J connectivity index is 2.02. The predicted molar refractivity (Wildman–Crippen MR) is 84.9 cm³/mol. The summed E-state index contributed by atoms with van der Waals surface area (Å²) in [4.78, 5) is 0. The maximum atomic E-state index is 5.96. The molecule has 1 unspecified atom stereocenters. The van der Waals surface area contributed by atoms with Crippen LogP contribution in [-0.2, 0) is 0 Å². The van der Waals surface area contributed by atoms with Crippen molar-refractivity contribution in [3.8, 4) is 5.75 Å². The highest BCUT2D eigenvalue weighted by molar-refractivity contribution is 9.09. The van der Waals surface area contributed by atoms with Crippen molar-refractivity contribution in [1.29, 1.82) is 0 Å². The van der Waals surface area contributed by atoms with Crippen LogP contribution < -0.4 is 4.74 Å². The van der Waals surface area contributed by atoms with E-state index in [9.17, 15) is 0 Å². The van der Waals surface area contributed by atoms with E-state index in [0.717, 1.165) is 11.1 Å². The van der Waals surface area contributed by atoms with Gasteiger partial charge in [-0.05, 0) is 17.7 Å². The molecule has 1 nitrogen and oxygen atoms in total. The largest absolute Gasteiger partial charge is 0.493 e. The molecule has 0 amide bonds. The van der Waals surface area contributed by atoms with Crippen molar-refractivity contribution in [2.45, 2.75) is 5.92 Å². The molecule has 0 radical (unpaired) electrons. The van der Waals surface area contributed by atoms with Crippen LogP contribution in [-0.4, -0.2) is 11.9 Å². The summed E-state index contributed by atoms with van der Waals surface area (Å²) in [6.45, 7) is 0.591. The Morgan fingerprint density at radius 2 is 1.74 bits per heavy atom. The first-order chi connectivity index (χ1) is 9.20. The van der Waals surface area contributed by atoms with Gasteiger partial charge in [0.05, 0.1) is 16.7 Å². The molecule has 0 aliphatic heterocycles. The molecule has 100 valence electrons. The van der Waals surface area contributed by atoms with Crippen LogP contribution in [0.5, 0.6) is 5.75 Å². The Kier molecular flexibility index (Phi) is 5.56. The van der Waals surface area contributed by atoms with Crippen molar-refractivity contribution in [2.24, 2.45) is 0 Å². The maximum absolute atomic E-state index is 5.96. The van der Waals surface area contributed by atoms with Crippen LogP contribution >= 0.6 is 39.1 Å². The molecule has 1 atom stereocenters. The summed E-state index contributed by atoms with van der Waals surface area (Å²) in [6, 6.07) is 15.6. The van der Waals surface area contributed by atoms with Gasteiger partial charge in [0, 0.05) is 17.3 Å². The van der Waals surface area contributed by atoms with Crippen molar-refractivity contribution in [3.63, 3.8) is 0 Å². The van der Waals surface area contributed by atoms with E-state index in [1.807, 2.05) is 24.3 Å². The lowest BCUT2D eigenvalue weighted by Crippen LogP contribution is -2.11. The van der Waals surface area contributed by atoms with E-state index in [1.54, 1.807) is 12.1 Å². The van der Waals surface area contributed by atoms with Crippen LogP contribution in [0, 0.1) is 0 Å². The van der Waals surface area contributed by atoms with Crippen LogP contribution in [0.15, 0.2) is 48.5 Å². The molecule has 0 fully saturated rings. The summed E-state index contributed by atoms with van der Waals surface area (Å²) >= 11 is 15.4. The third-order valence-electron chi connectivity index (χ3n) is 2.80. The van der Waals surface area contributed by atoms with Gasteiger partial charge in [0.1, 0.15) is 5.75 Å². The molecule has 19 heavy (non-hydrogen) atoms. The molecule has 0 saturated carbocycles. The van der Waals surface area contributed by atoms with Crippen molar-refractivity contribution in [1.82, 2.24) is 0 Å². The van der Waals surface area contributed by atoms with Crippen LogP contribution in [0.1, 0.15) is 11.5 Å². The van der Waals surface area contributed by atoms with E-state index >= 15 is 0 Å². The van der Waals surface area contributed by atoms with E-state index in [2.05, 4.69) is 28.1 Å². The Hall–Kier alpha value is -0.700. The molecule has 0 aliphatic rings. The Bertz CT molecular complexity index is 531. The topological polar surface area (TPSA) is 9.23 Å². The quantitative estimate of drug-likeness (QED) is 0.636. The third kappa shape index (κ3) is 4.13. The highest BCUT2D eigenvalue weighted by atomic mass is 79.9. The van der Waals surface area contributed by atoms with Gasteiger partial charge in [-0.3, -0.25) is 0 Å². The summed E-state index contributed by atoms with van der Waals surface area (Å²) in [7, 11) is 0. The summed E-state index contributed by atoms with van der Waals surface area (Å²) in [5.74, 6) is 1.03. The molecule has 0 spiro atoms. The first kappa shape index (κ1) is 14.7. The number of alkyl halides is 1. The summed E-state index contributed by atoms with van der Waals surface area (Å²) in [5.41, 5.74) is 1.25. The van der Waals surface area contributed by atoms with Crippen molar-refractivity contribution in [2.75, 3.05) is 11.9 Å². The minimum atomic E-state index is 0.302. The van der Waals surface area contributed by atoms with Gasteiger partial charge in [-0.15, -0.1) is 0 Å². The monoisotopic (exact) mass is 358 g/mol. The van der Waals surface area contributed by atoms with Crippen LogP contribution in [0.25, 0.3) is 0 Å². The van der Waals surface area contributed by atoms with E-state index in [0.29, 0.717) is 22.6 Å². The second-order valence-corrected chi connectivity index (χ2v) is 5.61.